The second-order valence-corrected chi connectivity index (χ2v) is 6.83. The summed E-state index contributed by atoms with van der Waals surface area (Å²) in [5.41, 5.74) is 2.12. The fourth-order valence-electron chi connectivity index (χ4n) is 2.58. The van der Waals surface area contributed by atoms with Crippen LogP contribution in [-0.2, 0) is 10.0 Å². The molecule has 0 aromatic carbocycles. The largest absolute Gasteiger partial charge is 0.484 e. The third kappa shape index (κ3) is 2.45. The van der Waals surface area contributed by atoms with Crippen molar-refractivity contribution in [2.75, 3.05) is 39.3 Å². The van der Waals surface area contributed by atoms with Crippen LogP contribution in [0.25, 0.3) is 0 Å². The Labute approximate surface area is 140 Å². The highest BCUT2D eigenvalue weighted by molar-refractivity contribution is 7.89. The monoisotopic (exact) mass is 349 g/mol. The molecule has 0 unspecified atom stereocenters. The van der Waals surface area contributed by atoms with Crippen LogP contribution in [0, 0.1) is 0 Å². The minimum Gasteiger partial charge on any atom is -0.484 e. The molecule has 0 fully saturated rings. The van der Waals surface area contributed by atoms with Crippen LogP contribution in [0.1, 0.15) is 5.48 Å². The van der Waals surface area contributed by atoms with Gasteiger partial charge < -0.3 is 14.8 Å². The molecule has 1 N–H and O–H groups in total. The van der Waals surface area contributed by atoms with Crippen LogP contribution in [0.5, 0.6) is 11.6 Å². The van der Waals surface area contributed by atoms with Crippen LogP contribution in [0.4, 0.5) is 0 Å². The maximum Gasteiger partial charge on any atom is 0.261 e. The van der Waals surface area contributed by atoms with E-state index in [1.807, 2.05) is 0 Å². The molecule has 7 nitrogen and oxygen atoms in total. The van der Waals surface area contributed by atoms with Gasteiger partial charge >= 0.3 is 0 Å². The molecule has 1 aromatic rings. The van der Waals surface area contributed by atoms with Crippen LogP contribution in [0.15, 0.2) is 28.3 Å². The molecule has 0 aliphatic carbocycles. The summed E-state index contributed by atoms with van der Waals surface area (Å²) in [4.78, 5) is 3.87. The number of nitrogens with zero attached hydrogens (tertiary/aromatic N) is 2. The van der Waals surface area contributed by atoms with E-state index >= 15 is 0 Å². The Morgan fingerprint density at radius 2 is 1.86 bits per heavy atom. The average molecular weight is 350 g/mol. The minimum atomic E-state index is -3.88. The first kappa shape index (κ1) is 11.2. The van der Waals surface area contributed by atoms with Crippen molar-refractivity contribution in [2.45, 2.75) is 5.03 Å². The number of halogens is 1. The molecule has 22 heavy (non-hydrogen) atoms. The van der Waals surface area contributed by atoms with Crippen molar-refractivity contribution in [1.82, 2.24) is 14.6 Å². The third-order valence-corrected chi connectivity index (χ3v) is 5.36. The lowest BCUT2D eigenvalue weighted by molar-refractivity contribution is 0.163. The molecular weight excluding hydrogens is 330 g/mol. The first-order valence-corrected chi connectivity index (χ1v) is 7.84. The standard InChI is InChI=1S/C13H15N3O4S.ClH/c17-21(18,16-7-9-5-14-6-10(9)8-16)12-2-1-11-13(15-12)20-4-3-19-11;/h1-2,14H,3-8H2;1H/i3D2,4D2;. The molecule has 3 aliphatic rings. The molecule has 120 valence electrons. The van der Waals surface area contributed by atoms with Gasteiger partial charge in [0.2, 0.25) is 0 Å². The molecule has 1 aromatic heterocycles. The van der Waals surface area contributed by atoms with E-state index < -0.39 is 23.1 Å². The Balaban J connectivity index is 0.00000196. The summed E-state index contributed by atoms with van der Waals surface area (Å²) in [6.45, 7) is -3.57. The lowest BCUT2D eigenvalue weighted by atomic mass is 10.2. The summed E-state index contributed by atoms with van der Waals surface area (Å²) in [5, 5.41) is 2.88. The molecule has 0 bridgehead atoms. The Bertz CT molecular complexity index is 877. The molecule has 0 saturated heterocycles. The lowest BCUT2D eigenvalue weighted by Gasteiger charge is -2.20. The number of pyridine rings is 1. The van der Waals surface area contributed by atoms with Crippen LogP contribution in [0.3, 0.4) is 0 Å². The van der Waals surface area contributed by atoms with Crippen molar-refractivity contribution >= 4 is 22.4 Å². The maximum absolute atomic E-state index is 12.8. The zero-order valence-electron chi connectivity index (χ0n) is 15.3. The summed E-state index contributed by atoms with van der Waals surface area (Å²) < 4.78 is 66.9. The van der Waals surface area contributed by atoms with E-state index in [4.69, 9.17) is 15.0 Å². The molecule has 0 atom stereocenters. The second-order valence-electron chi connectivity index (χ2n) is 4.94. The van der Waals surface area contributed by atoms with E-state index in [9.17, 15) is 8.42 Å². The number of hydrogen-bond acceptors (Lipinski definition) is 6. The van der Waals surface area contributed by atoms with Crippen molar-refractivity contribution in [3.8, 4) is 11.6 Å². The van der Waals surface area contributed by atoms with Gasteiger partial charge in [0.15, 0.2) is 10.8 Å². The van der Waals surface area contributed by atoms with Gasteiger partial charge in [-0.15, -0.1) is 12.4 Å². The third-order valence-electron chi connectivity index (χ3n) is 3.67. The molecular formula is C13H16ClN3O4S. The molecule has 9 heteroatoms. The van der Waals surface area contributed by atoms with Crippen molar-refractivity contribution < 1.29 is 23.4 Å². The van der Waals surface area contributed by atoms with Gasteiger partial charge in [-0.05, 0) is 23.3 Å². The van der Waals surface area contributed by atoms with Crippen LogP contribution >= 0.6 is 12.4 Å². The minimum absolute atomic E-state index is 0. The van der Waals surface area contributed by atoms with Gasteiger partial charge in [0.25, 0.3) is 15.9 Å². The second kappa shape index (κ2) is 5.69. The first-order chi connectivity index (χ1) is 11.6. The van der Waals surface area contributed by atoms with Gasteiger partial charge in [0.1, 0.15) is 13.1 Å². The van der Waals surface area contributed by atoms with E-state index in [1.165, 1.54) is 16.4 Å². The summed E-state index contributed by atoms with van der Waals surface area (Å²) in [6.07, 6.45) is 0. The molecule has 0 radical (unpaired) electrons. The van der Waals surface area contributed by atoms with Crippen LogP contribution in [-0.4, -0.2) is 57.0 Å². The van der Waals surface area contributed by atoms with Gasteiger partial charge in [0.05, 0.1) is 5.48 Å². The van der Waals surface area contributed by atoms with Gasteiger partial charge in [-0.1, -0.05) is 0 Å². The number of fused-ring (bicyclic) bond motifs is 1. The van der Waals surface area contributed by atoms with Crippen molar-refractivity contribution in [3.05, 3.63) is 23.3 Å². The van der Waals surface area contributed by atoms with E-state index in [2.05, 4.69) is 10.3 Å². The number of aromatic nitrogens is 1. The number of sulfonamides is 1. The average Bonchev–Trinajstić information content (AvgIpc) is 3.08. The smallest absolute Gasteiger partial charge is 0.261 e. The number of nitrogens with one attached hydrogen (secondary N) is 1. The Morgan fingerprint density at radius 3 is 2.59 bits per heavy atom. The first-order valence-electron chi connectivity index (χ1n) is 8.40. The number of ether oxygens (including phenoxy) is 2. The van der Waals surface area contributed by atoms with Crippen molar-refractivity contribution in [3.63, 3.8) is 0 Å². The zero-order valence-corrected chi connectivity index (χ0v) is 13.0. The molecule has 3 aliphatic heterocycles. The molecule has 0 saturated carbocycles. The Morgan fingerprint density at radius 1 is 1.18 bits per heavy atom. The molecule has 0 amide bonds. The van der Waals surface area contributed by atoms with Crippen LogP contribution in [0.2, 0.25) is 0 Å². The summed E-state index contributed by atoms with van der Waals surface area (Å²) >= 11 is 0. The molecule has 4 heterocycles. The summed E-state index contributed by atoms with van der Waals surface area (Å²) in [6, 6.07) is 2.43. The SMILES string of the molecule is Cl.[2H]C1([2H])Oc2ccc(S(=O)(=O)N3CC4=C(CNC4)C3)nc2OC1([2H])[2H]. The quantitative estimate of drug-likeness (QED) is 0.767. The van der Waals surface area contributed by atoms with E-state index in [0.29, 0.717) is 26.2 Å². The lowest BCUT2D eigenvalue weighted by Crippen LogP contribution is -2.33. The Hall–Kier alpha value is -1.35. The van der Waals surface area contributed by atoms with Gasteiger partial charge in [0, 0.05) is 26.2 Å². The van der Waals surface area contributed by atoms with Gasteiger partial charge in [-0.2, -0.15) is 9.29 Å². The topological polar surface area (TPSA) is 80.8 Å². The highest BCUT2D eigenvalue weighted by Crippen LogP contribution is 2.31. The zero-order chi connectivity index (χ0) is 18.0. The molecule has 4 rings (SSSR count). The fourth-order valence-corrected chi connectivity index (χ4v) is 3.94. The Kier molecular flexibility index (Phi) is 2.90. The summed E-state index contributed by atoms with van der Waals surface area (Å²) in [7, 11) is -3.88. The van der Waals surface area contributed by atoms with E-state index in [0.717, 1.165) is 11.1 Å². The highest BCUT2D eigenvalue weighted by Gasteiger charge is 2.35. The van der Waals surface area contributed by atoms with E-state index in [-0.39, 0.29) is 29.1 Å². The van der Waals surface area contributed by atoms with E-state index in [1.54, 1.807) is 0 Å². The number of rotatable bonds is 2. The van der Waals surface area contributed by atoms with Crippen molar-refractivity contribution in [1.29, 1.82) is 0 Å². The highest BCUT2D eigenvalue weighted by atomic mass is 35.5. The summed E-state index contributed by atoms with van der Waals surface area (Å²) in [5.74, 6) is -0.534. The predicted molar refractivity (Wildman–Crippen MR) is 81.1 cm³/mol. The molecule has 0 spiro atoms. The van der Waals surface area contributed by atoms with Gasteiger partial charge in [-0.3, -0.25) is 0 Å². The predicted octanol–water partition coefficient (Wildman–Crippen LogP) is 0.179. The number of hydrogen-bond donors (Lipinski definition) is 1. The maximum atomic E-state index is 12.8. The fraction of sp³-hybridized carbons (Fsp3) is 0.462. The normalized spacial score (nSPS) is 28.0. The van der Waals surface area contributed by atoms with Crippen molar-refractivity contribution in [2.24, 2.45) is 0 Å². The van der Waals surface area contributed by atoms with Crippen LogP contribution < -0.4 is 14.8 Å². The van der Waals surface area contributed by atoms with Gasteiger partial charge in [-0.25, -0.2) is 8.42 Å².